The van der Waals surface area contributed by atoms with Crippen molar-refractivity contribution in [3.63, 3.8) is 0 Å². The first-order chi connectivity index (χ1) is 32.5. The summed E-state index contributed by atoms with van der Waals surface area (Å²) in [7, 11) is 0. The summed E-state index contributed by atoms with van der Waals surface area (Å²) in [5, 5.41) is 3.53. The molecule has 2 aliphatic rings. The van der Waals surface area contributed by atoms with Crippen LogP contribution in [-0.4, -0.2) is 153 Å². The topological polar surface area (TPSA) is 145 Å². The van der Waals surface area contributed by atoms with Gasteiger partial charge in [-0.25, -0.2) is 9.59 Å². The molecule has 14 nitrogen and oxygen atoms in total. The van der Waals surface area contributed by atoms with Crippen molar-refractivity contribution in [2.75, 3.05) is 85.2 Å². The highest BCUT2D eigenvalue weighted by Crippen LogP contribution is 2.34. The summed E-state index contributed by atoms with van der Waals surface area (Å²) < 4.78 is 35.8. The molecule has 2 aromatic rings. The summed E-state index contributed by atoms with van der Waals surface area (Å²) in [4.78, 5) is 58.5. The molecule has 382 valence electrons. The Bertz CT molecular complexity index is 1750. The fourth-order valence-electron chi connectivity index (χ4n) is 8.60. The third kappa shape index (κ3) is 22.7. The van der Waals surface area contributed by atoms with Gasteiger partial charge in [0, 0.05) is 45.2 Å². The molecule has 0 amide bonds. The maximum Gasteiger partial charge on any atom is 0.338 e. The molecule has 0 bridgehead atoms. The van der Waals surface area contributed by atoms with E-state index >= 15 is 0 Å². The molecule has 2 saturated heterocycles. The average Bonchev–Trinajstić information content (AvgIpc) is 3.28. The number of nitrogens with one attached hydrogen (secondary N) is 1. The lowest BCUT2D eigenvalue weighted by molar-refractivity contribution is -0.274. The molecule has 2 heterocycles. The first-order valence-electron chi connectivity index (χ1n) is 25.5. The van der Waals surface area contributed by atoms with Crippen molar-refractivity contribution in [2.45, 2.75) is 149 Å². The third-order valence-electron chi connectivity index (χ3n) is 12.5. The van der Waals surface area contributed by atoms with Gasteiger partial charge in [-0.2, -0.15) is 0 Å². The van der Waals surface area contributed by atoms with Gasteiger partial charge in [-0.05, 0) is 124 Å². The zero-order valence-electron chi connectivity index (χ0n) is 42.8. The van der Waals surface area contributed by atoms with Gasteiger partial charge in [-0.1, -0.05) is 88.8 Å². The molecule has 2 fully saturated rings. The third-order valence-corrected chi connectivity index (χ3v) is 12.5. The first kappa shape index (κ1) is 56.7. The molecule has 68 heavy (non-hydrogen) atoms. The van der Waals surface area contributed by atoms with E-state index in [0.29, 0.717) is 17.7 Å². The Hall–Kier alpha value is -3.92. The van der Waals surface area contributed by atoms with E-state index in [2.05, 4.69) is 20.0 Å². The van der Waals surface area contributed by atoms with Gasteiger partial charge < -0.3 is 38.6 Å². The number of hydrogen-bond donors (Lipinski definition) is 1. The minimum atomic E-state index is -0.791. The largest absolute Gasteiger partial charge is 0.459 e. The smallest absolute Gasteiger partial charge is 0.338 e. The van der Waals surface area contributed by atoms with Crippen molar-refractivity contribution in [2.24, 2.45) is 11.8 Å². The van der Waals surface area contributed by atoms with Crippen LogP contribution in [0, 0.1) is 11.8 Å². The van der Waals surface area contributed by atoms with Gasteiger partial charge in [0.05, 0.1) is 30.3 Å². The molecule has 4 rings (SSSR count). The molecular formula is C54H86N4O10. The van der Waals surface area contributed by atoms with Crippen molar-refractivity contribution in [1.29, 1.82) is 0 Å². The van der Waals surface area contributed by atoms with Gasteiger partial charge >= 0.3 is 23.9 Å². The number of nitrogens with zero attached hydrogens (tertiary/aromatic N) is 3. The van der Waals surface area contributed by atoms with E-state index in [1.807, 2.05) is 79.7 Å². The summed E-state index contributed by atoms with van der Waals surface area (Å²) in [5.41, 5.74) is -0.0816. The molecule has 0 aromatic heterocycles. The predicted molar refractivity (Wildman–Crippen MR) is 265 cm³/mol. The SMILES string of the molecule is C[C@@H]1C(COC(=O)c2ccccc2)O[C@@H](OCCCCCCCCCCN2CCCN(CC(=O)OC(C)(C)C)CCNCCCN(CC(=O)OC(C)(C)C)CC2)C(OC(=O)c2ccccc2)[C@H]1C. The van der Waals surface area contributed by atoms with E-state index in [-0.39, 0.29) is 43.5 Å². The standard InChI is InChI=1S/C54H86N4O10/c1-42-43(2)49(66-51(62)45-27-19-16-20-28-45)52(65-46(42)41-64-50(61)44-25-17-15-18-26-44)63-38-22-14-12-10-9-11-13-21-31-56-33-24-34-57(39-47(59)67-53(3,4)5)35-30-55-29-23-32-58(37-36-56)40-48(60)68-54(6,7)8/h15-20,25-28,42-43,46,49,52,55H,9-14,21-24,29-41H2,1-8H3/t42-,43-,46?,49?,52+/m0/s1. The van der Waals surface area contributed by atoms with Crippen LogP contribution in [0.25, 0.3) is 0 Å². The van der Waals surface area contributed by atoms with Crippen LogP contribution in [-0.2, 0) is 38.0 Å². The second-order valence-electron chi connectivity index (χ2n) is 20.7. The Morgan fingerprint density at radius 2 is 1.12 bits per heavy atom. The number of benzene rings is 2. The minimum absolute atomic E-state index is 0.0686. The van der Waals surface area contributed by atoms with Gasteiger partial charge in [0.25, 0.3) is 0 Å². The van der Waals surface area contributed by atoms with Crippen LogP contribution in [0.15, 0.2) is 60.7 Å². The minimum Gasteiger partial charge on any atom is -0.459 e. The average molecular weight is 951 g/mol. The normalized spacial score (nSPS) is 22.1. The maximum absolute atomic E-state index is 13.2. The Morgan fingerprint density at radius 3 is 1.72 bits per heavy atom. The molecule has 1 N–H and O–H groups in total. The molecule has 0 aliphatic carbocycles. The number of carbonyl (C=O) groups is 4. The molecule has 2 aliphatic heterocycles. The van der Waals surface area contributed by atoms with Gasteiger partial charge in [0.15, 0.2) is 12.4 Å². The molecule has 5 atom stereocenters. The van der Waals surface area contributed by atoms with Crippen LogP contribution in [0.3, 0.4) is 0 Å². The van der Waals surface area contributed by atoms with Crippen LogP contribution < -0.4 is 5.32 Å². The van der Waals surface area contributed by atoms with Gasteiger partial charge in [0.1, 0.15) is 17.8 Å². The van der Waals surface area contributed by atoms with Gasteiger partial charge in [-0.15, -0.1) is 0 Å². The highest BCUT2D eigenvalue weighted by molar-refractivity contribution is 5.89. The Labute approximate surface area is 408 Å². The van der Waals surface area contributed by atoms with Gasteiger partial charge in [0.2, 0.25) is 0 Å². The van der Waals surface area contributed by atoms with Crippen molar-refractivity contribution < 1.29 is 47.6 Å². The maximum atomic E-state index is 13.2. The zero-order chi connectivity index (χ0) is 49.4. The molecule has 0 radical (unpaired) electrons. The lowest BCUT2D eigenvalue weighted by Crippen LogP contribution is -2.53. The second-order valence-corrected chi connectivity index (χ2v) is 20.7. The van der Waals surface area contributed by atoms with Crippen LogP contribution in [0.4, 0.5) is 0 Å². The molecular weight excluding hydrogens is 865 g/mol. The molecule has 14 heteroatoms. The zero-order valence-corrected chi connectivity index (χ0v) is 42.8. The first-order valence-corrected chi connectivity index (χ1v) is 25.5. The molecule has 2 aromatic carbocycles. The highest BCUT2D eigenvalue weighted by atomic mass is 16.7. The number of hydrogen-bond acceptors (Lipinski definition) is 14. The summed E-state index contributed by atoms with van der Waals surface area (Å²) in [6.45, 7) is 24.2. The Kier molecular flexibility index (Phi) is 25.0. The lowest BCUT2D eigenvalue weighted by Gasteiger charge is -2.43. The summed E-state index contributed by atoms with van der Waals surface area (Å²) in [6, 6.07) is 17.8. The molecule has 0 saturated carbocycles. The van der Waals surface area contributed by atoms with Crippen molar-refractivity contribution in [1.82, 2.24) is 20.0 Å². The number of rotatable bonds is 21. The number of ether oxygens (including phenoxy) is 6. The fourth-order valence-corrected chi connectivity index (χ4v) is 8.60. The van der Waals surface area contributed by atoms with E-state index in [1.165, 1.54) is 12.8 Å². The summed E-state index contributed by atoms with van der Waals surface area (Å²) >= 11 is 0. The van der Waals surface area contributed by atoms with E-state index in [0.717, 1.165) is 110 Å². The van der Waals surface area contributed by atoms with E-state index in [4.69, 9.17) is 28.4 Å². The monoisotopic (exact) mass is 951 g/mol. The number of unbranched alkanes of at least 4 members (excludes halogenated alkanes) is 7. The van der Waals surface area contributed by atoms with Crippen molar-refractivity contribution in [3.05, 3.63) is 71.8 Å². The number of carbonyl (C=O) groups excluding carboxylic acids is 4. The number of esters is 4. The van der Waals surface area contributed by atoms with Gasteiger partial charge in [-0.3, -0.25) is 19.4 Å². The van der Waals surface area contributed by atoms with Crippen molar-refractivity contribution in [3.8, 4) is 0 Å². The second kappa shape index (κ2) is 30.0. The Morgan fingerprint density at radius 1 is 0.603 bits per heavy atom. The fraction of sp³-hybridized carbons (Fsp3) is 0.704. The lowest BCUT2D eigenvalue weighted by atomic mass is 9.83. The van der Waals surface area contributed by atoms with Crippen LogP contribution in [0.5, 0.6) is 0 Å². The summed E-state index contributed by atoms with van der Waals surface area (Å²) in [6.07, 6.45) is 8.72. The van der Waals surface area contributed by atoms with E-state index in [9.17, 15) is 19.2 Å². The van der Waals surface area contributed by atoms with E-state index < -0.39 is 41.6 Å². The highest BCUT2D eigenvalue weighted by Gasteiger charge is 2.45. The quantitative estimate of drug-likeness (QED) is 0.0730. The molecule has 0 spiro atoms. The van der Waals surface area contributed by atoms with Crippen LogP contribution in [0.1, 0.15) is 140 Å². The van der Waals surface area contributed by atoms with Crippen LogP contribution in [0.2, 0.25) is 0 Å². The predicted octanol–water partition coefficient (Wildman–Crippen LogP) is 8.18. The van der Waals surface area contributed by atoms with Crippen LogP contribution >= 0.6 is 0 Å². The van der Waals surface area contributed by atoms with E-state index in [1.54, 1.807) is 36.4 Å². The van der Waals surface area contributed by atoms with Crippen molar-refractivity contribution >= 4 is 23.9 Å². The summed E-state index contributed by atoms with van der Waals surface area (Å²) in [5.74, 6) is -1.38. The Balaban J connectivity index is 1.21. The molecule has 2 unspecified atom stereocenters.